The van der Waals surface area contributed by atoms with Crippen molar-refractivity contribution in [1.29, 1.82) is 0 Å². The molecule has 1 aromatic heterocycles. The average Bonchev–Trinajstić information content (AvgIpc) is 3.16. The molecule has 3 rings (SSSR count). The molecule has 1 amide bonds. The molecule has 0 N–H and O–H groups in total. The van der Waals surface area contributed by atoms with Gasteiger partial charge in [0, 0.05) is 25.8 Å². The van der Waals surface area contributed by atoms with Gasteiger partial charge in [0.1, 0.15) is 5.01 Å². The number of rotatable bonds is 6. The van der Waals surface area contributed by atoms with Gasteiger partial charge >= 0.3 is 0 Å². The SMILES string of the molecule is COCCN(C(=O)/C=C/c1nc2ccccc2s1)C1CCS(=O)(=O)C1. The number of para-hydroxylation sites is 1. The third kappa shape index (κ3) is 4.45. The van der Waals surface area contributed by atoms with Crippen molar-refractivity contribution in [2.24, 2.45) is 0 Å². The second-order valence-electron chi connectivity index (χ2n) is 5.93. The van der Waals surface area contributed by atoms with Crippen LogP contribution in [-0.4, -0.2) is 62.0 Å². The zero-order valence-electron chi connectivity index (χ0n) is 13.9. The number of amides is 1. The van der Waals surface area contributed by atoms with E-state index in [9.17, 15) is 13.2 Å². The lowest BCUT2D eigenvalue weighted by Gasteiger charge is -2.26. The van der Waals surface area contributed by atoms with Crippen LogP contribution in [0.15, 0.2) is 30.3 Å². The quantitative estimate of drug-likeness (QED) is 0.716. The minimum atomic E-state index is -3.05. The van der Waals surface area contributed by atoms with E-state index < -0.39 is 9.84 Å². The van der Waals surface area contributed by atoms with E-state index in [4.69, 9.17) is 4.74 Å². The first-order valence-corrected chi connectivity index (χ1v) is 10.7. The number of ether oxygens (including phenoxy) is 1. The second kappa shape index (κ2) is 7.63. The van der Waals surface area contributed by atoms with Gasteiger partial charge in [-0.25, -0.2) is 13.4 Å². The Balaban J connectivity index is 1.74. The van der Waals surface area contributed by atoms with Gasteiger partial charge in [0.25, 0.3) is 0 Å². The highest BCUT2D eigenvalue weighted by atomic mass is 32.2. The van der Waals surface area contributed by atoms with Crippen molar-refractivity contribution >= 4 is 43.4 Å². The van der Waals surface area contributed by atoms with Crippen molar-refractivity contribution in [3.63, 3.8) is 0 Å². The van der Waals surface area contributed by atoms with Crippen LogP contribution in [0, 0.1) is 0 Å². The number of hydrogen-bond acceptors (Lipinski definition) is 6. The summed E-state index contributed by atoms with van der Waals surface area (Å²) in [6, 6.07) is 7.51. The Morgan fingerprint density at radius 2 is 2.24 bits per heavy atom. The number of nitrogens with zero attached hydrogens (tertiary/aromatic N) is 2. The van der Waals surface area contributed by atoms with E-state index >= 15 is 0 Å². The summed E-state index contributed by atoms with van der Waals surface area (Å²) in [7, 11) is -1.49. The van der Waals surface area contributed by atoms with Gasteiger partial charge in [-0.1, -0.05) is 12.1 Å². The van der Waals surface area contributed by atoms with E-state index in [0.29, 0.717) is 19.6 Å². The summed E-state index contributed by atoms with van der Waals surface area (Å²) in [5.41, 5.74) is 0.901. The van der Waals surface area contributed by atoms with Gasteiger partial charge in [0.05, 0.1) is 28.3 Å². The zero-order valence-corrected chi connectivity index (χ0v) is 15.6. The van der Waals surface area contributed by atoms with E-state index in [2.05, 4.69) is 4.98 Å². The Labute approximate surface area is 151 Å². The van der Waals surface area contributed by atoms with Gasteiger partial charge in [0.15, 0.2) is 9.84 Å². The van der Waals surface area contributed by atoms with Crippen molar-refractivity contribution in [2.75, 3.05) is 31.8 Å². The molecule has 25 heavy (non-hydrogen) atoms. The number of carbonyl (C=O) groups is 1. The Bertz CT molecular complexity index is 856. The Morgan fingerprint density at radius 3 is 2.92 bits per heavy atom. The van der Waals surface area contributed by atoms with Crippen LogP contribution in [0.25, 0.3) is 16.3 Å². The predicted molar refractivity (Wildman–Crippen MR) is 99.3 cm³/mol. The Hall–Kier alpha value is -1.77. The van der Waals surface area contributed by atoms with Gasteiger partial charge < -0.3 is 9.64 Å². The smallest absolute Gasteiger partial charge is 0.247 e. The molecule has 2 aromatic rings. The number of aromatic nitrogens is 1. The number of hydrogen-bond donors (Lipinski definition) is 0. The van der Waals surface area contributed by atoms with Gasteiger partial charge in [-0.2, -0.15) is 0 Å². The van der Waals surface area contributed by atoms with E-state index in [-0.39, 0.29) is 23.5 Å². The highest BCUT2D eigenvalue weighted by Crippen LogP contribution is 2.23. The van der Waals surface area contributed by atoms with E-state index in [1.165, 1.54) is 17.4 Å². The summed E-state index contributed by atoms with van der Waals surface area (Å²) in [5, 5.41) is 0.750. The molecule has 8 heteroatoms. The molecule has 6 nitrogen and oxygen atoms in total. The first-order valence-electron chi connectivity index (χ1n) is 8.02. The normalized spacial score (nSPS) is 19.6. The molecule has 1 aliphatic heterocycles. The molecule has 1 unspecified atom stereocenters. The highest BCUT2D eigenvalue weighted by molar-refractivity contribution is 7.91. The minimum Gasteiger partial charge on any atom is -0.383 e. The number of benzene rings is 1. The number of sulfone groups is 1. The fourth-order valence-electron chi connectivity index (χ4n) is 2.88. The summed E-state index contributed by atoms with van der Waals surface area (Å²) in [4.78, 5) is 18.7. The molecule has 134 valence electrons. The molecule has 1 saturated heterocycles. The molecule has 0 aliphatic carbocycles. The average molecular weight is 380 g/mol. The van der Waals surface area contributed by atoms with Crippen molar-refractivity contribution in [3.05, 3.63) is 35.3 Å². The molecular weight excluding hydrogens is 360 g/mol. The zero-order chi connectivity index (χ0) is 17.9. The van der Waals surface area contributed by atoms with Crippen LogP contribution >= 0.6 is 11.3 Å². The van der Waals surface area contributed by atoms with Crippen LogP contribution in [0.1, 0.15) is 11.4 Å². The number of methoxy groups -OCH3 is 1. The van der Waals surface area contributed by atoms with Crippen LogP contribution in [0.5, 0.6) is 0 Å². The standard InChI is InChI=1S/C17H20N2O4S2/c1-23-10-9-19(13-8-11-25(21,22)12-13)17(20)7-6-16-18-14-4-2-3-5-15(14)24-16/h2-7,13H,8-12H2,1H3/b7-6+. The fraction of sp³-hybridized carbons (Fsp3) is 0.412. The van der Waals surface area contributed by atoms with Gasteiger partial charge in [-0.3, -0.25) is 4.79 Å². The van der Waals surface area contributed by atoms with Crippen molar-refractivity contribution in [3.8, 4) is 0 Å². The van der Waals surface area contributed by atoms with E-state index in [1.807, 2.05) is 24.3 Å². The van der Waals surface area contributed by atoms with Gasteiger partial charge in [-0.05, 0) is 24.6 Å². The Morgan fingerprint density at radius 1 is 1.44 bits per heavy atom. The van der Waals surface area contributed by atoms with E-state index in [1.54, 1.807) is 18.1 Å². The molecule has 1 aliphatic rings. The molecule has 0 radical (unpaired) electrons. The highest BCUT2D eigenvalue weighted by Gasteiger charge is 2.33. The molecular formula is C17H20N2O4S2. The summed E-state index contributed by atoms with van der Waals surface area (Å²) >= 11 is 1.51. The molecule has 0 spiro atoms. The first-order chi connectivity index (χ1) is 12.0. The molecule has 2 heterocycles. The molecule has 1 aromatic carbocycles. The van der Waals surface area contributed by atoms with Crippen LogP contribution in [0.4, 0.5) is 0 Å². The lowest BCUT2D eigenvalue weighted by molar-refractivity contribution is -0.128. The van der Waals surface area contributed by atoms with Crippen LogP contribution in [-0.2, 0) is 19.4 Å². The maximum Gasteiger partial charge on any atom is 0.247 e. The van der Waals surface area contributed by atoms with Crippen molar-refractivity contribution in [1.82, 2.24) is 9.88 Å². The van der Waals surface area contributed by atoms with Crippen LogP contribution in [0.2, 0.25) is 0 Å². The fourth-order valence-corrected chi connectivity index (χ4v) is 5.48. The maximum absolute atomic E-state index is 12.6. The first kappa shape index (κ1) is 18.0. The van der Waals surface area contributed by atoms with Crippen molar-refractivity contribution < 1.29 is 17.9 Å². The Kier molecular flexibility index (Phi) is 5.51. The van der Waals surface area contributed by atoms with E-state index in [0.717, 1.165) is 15.2 Å². The van der Waals surface area contributed by atoms with Crippen molar-refractivity contribution in [2.45, 2.75) is 12.5 Å². The topological polar surface area (TPSA) is 76.6 Å². The molecule has 0 bridgehead atoms. The summed E-state index contributed by atoms with van der Waals surface area (Å²) in [6.45, 7) is 0.747. The van der Waals surface area contributed by atoms with Gasteiger partial charge in [0.2, 0.25) is 5.91 Å². The molecule has 1 fully saturated rings. The summed E-state index contributed by atoms with van der Waals surface area (Å²) < 4.78 is 29.6. The lowest BCUT2D eigenvalue weighted by atomic mass is 10.2. The molecule has 0 saturated carbocycles. The monoisotopic (exact) mass is 380 g/mol. The predicted octanol–water partition coefficient (Wildman–Crippen LogP) is 1.97. The minimum absolute atomic E-state index is 0.0252. The third-order valence-electron chi connectivity index (χ3n) is 4.15. The summed E-state index contributed by atoms with van der Waals surface area (Å²) in [6.07, 6.45) is 3.64. The maximum atomic E-state index is 12.6. The number of fused-ring (bicyclic) bond motifs is 1. The number of thiazole rings is 1. The lowest BCUT2D eigenvalue weighted by Crippen LogP contribution is -2.42. The number of carbonyl (C=O) groups excluding carboxylic acids is 1. The van der Waals surface area contributed by atoms with Crippen LogP contribution < -0.4 is 0 Å². The second-order valence-corrected chi connectivity index (χ2v) is 9.23. The largest absolute Gasteiger partial charge is 0.383 e. The van der Waals surface area contributed by atoms with Gasteiger partial charge in [-0.15, -0.1) is 11.3 Å². The molecule has 1 atom stereocenters. The van der Waals surface area contributed by atoms with Crippen LogP contribution in [0.3, 0.4) is 0 Å². The third-order valence-corrected chi connectivity index (χ3v) is 6.90. The summed E-state index contributed by atoms with van der Waals surface area (Å²) in [5.74, 6) is -0.0496.